The van der Waals surface area contributed by atoms with Crippen molar-refractivity contribution in [1.82, 2.24) is 9.47 Å². The third-order valence-corrected chi connectivity index (χ3v) is 5.66. The molecule has 30 heavy (non-hydrogen) atoms. The van der Waals surface area contributed by atoms with Crippen LogP contribution in [0.5, 0.6) is 0 Å². The predicted molar refractivity (Wildman–Crippen MR) is 115 cm³/mol. The third-order valence-electron chi connectivity index (χ3n) is 5.66. The summed E-state index contributed by atoms with van der Waals surface area (Å²) in [5.41, 5.74) is 2.00. The van der Waals surface area contributed by atoms with Gasteiger partial charge in [-0.25, -0.2) is 9.18 Å². The van der Waals surface area contributed by atoms with Gasteiger partial charge in [0.15, 0.2) is 0 Å². The van der Waals surface area contributed by atoms with Crippen LogP contribution < -0.4 is 10.3 Å². The molecular weight excluding hydrogens is 385 g/mol. The summed E-state index contributed by atoms with van der Waals surface area (Å²) in [4.78, 5) is 28.5. The lowest BCUT2D eigenvalue weighted by Crippen LogP contribution is -2.44. The molecule has 1 aliphatic rings. The molecule has 4 rings (SSSR count). The number of likely N-dealkylation sites (N-methyl/N-ethyl adjacent to an activating group) is 1. The van der Waals surface area contributed by atoms with E-state index in [1.807, 2.05) is 43.1 Å². The van der Waals surface area contributed by atoms with Crippen LogP contribution in [0.15, 0.2) is 47.4 Å². The molecule has 0 atom stereocenters. The van der Waals surface area contributed by atoms with Crippen LogP contribution in [0.3, 0.4) is 0 Å². The van der Waals surface area contributed by atoms with Crippen LogP contribution in [-0.2, 0) is 6.54 Å². The highest BCUT2D eigenvalue weighted by molar-refractivity contribution is 5.93. The molecule has 156 valence electrons. The molecule has 2 aromatic carbocycles. The van der Waals surface area contributed by atoms with Gasteiger partial charge in [-0.1, -0.05) is 29.8 Å². The number of hydrogen-bond acceptors (Lipinski definition) is 4. The number of aromatic carboxylic acids is 1. The number of aryl methyl sites for hydroxylation is 1. The normalized spacial score (nSPS) is 15.0. The van der Waals surface area contributed by atoms with E-state index in [0.717, 1.165) is 24.2 Å². The lowest BCUT2D eigenvalue weighted by atomic mass is 10.1. The molecule has 2 heterocycles. The molecule has 7 heteroatoms. The first-order valence-electron chi connectivity index (χ1n) is 9.92. The summed E-state index contributed by atoms with van der Waals surface area (Å²) in [6, 6.07) is 10.7. The highest BCUT2D eigenvalue weighted by Crippen LogP contribution is 2.26. The minimum Gasteiger partial charge on any atom is -0.477 e. The van der Waals surface area contributed by atoms with Gasteiger partial charge in [0, 0.05) is 44.3 Å². The fourth-order valence-electron chi connectivity index (χ4n) is 3.98. The molecule has 3 aromatic rings. The maximum atomic E-state index is 15.0. The third kappa shape index (κ3) is 3.80. The highest BCUT2D eigenvalue weighted by atomic mass is 19.1. The summed E-state index contributed by atoms with van der Waals surface area (Å²) in [7, 11) is 2.03. The fraction of sp³-hybridized carbons (Fsp3) is 0.304. The second kappa shape index (κ2) is 7.91. The average molecular weight is 409 g/mol. The van der Waals surface area contributed by atoms with E-state index in [-0.39, 0.29) is 10.9 Å². The number of halogens is 1. The summed E-state index contributed by atoms with van der Waals surface area (Å²) in [5, 5.41) is 9.57. The van der Waals surface area contributed by atoms with E-state index in [9.17, 15) is 19.1 Å². The minimum absolute atomic E-state index is 0.0814. The van der Waals surface area contributed by atoms with E-state index in [0.29, 0.717) is 30.8 Å². The topological polar surface area (TPSA) is 65.8 Å². The standard InChI is InChI=1S/C23H24FN3O3/c1-15-4-3-5-16(10-15)13-27-14-18(23(29)30)22(28)17-11-19(24)21(12-20(17)27)26-8-6-25(2)7-9-26/h3-5,10-12,14H,6-9,13H2,1-2H3,(H,29,30). The van der Waals surface area contributed by atoms with Crippen molar-refractivity contribution in [2.24, 2.45) is 0 Å². The van der Waals surface area contributed by atoms with Gasteiger partial charge in [-0.2, -0.15) is 0 Å². The Morgan fingerprint density at radius 1 is 1.13 bits per heavy atom. The van der Waals surface area contributed by atoms with Gasteiger partial charge in [0.2, 0.25) is 5.43 Å². The average Bonchev–Trinajstić information content (AvgIpc) is 2.70. The van der Waals surface area contributed by atoms with Crippen molar-refractivity contribution in [2.45, 2.75) is 13.5 Å². The number of nitrogens with zero attached hydrogens (tertiary/aromatic N) is 3. The molecule has 0 saturated carbocycles. The van der Waals surface area contributed by atoms with E-state index in [2.05, 4.69) is 4.90 Å². The van der Waals surface area contributed by atoms with Gasteiger partial charge < -0.3 is 19.5 Å². The zero-order valence-corrected chi connectivity index (χ0v) is 17.1. The lowest BCUT2D eigenvalue weighted by Gasteiger charge is -2.34. The van der Waals surface area contributed by atoms with Crippen LogP contribution >= 0.6 is 0 Å². The number of pyridine rings is 1. The van der Waals surface area contributed by atoms with Crippen molar-refractivity contribution in [3.05, 3.63) is 75.3 Å². The van der Waals surface area contributed by atoms with Gasteiger partial charge in [0.25, 0.3) is 0 Å². The Hall–Kier alpha value is -3.19. The molecule has 6 nitrogen and oxygen atoms in total. The summed E-state index contributed by atoms with van der Waals surface area (Å²) >= 11 is 0. The zero-order valence-electron chi connectivity index (χ0n) is 17.1. The Bertz CT molecular complexity index is 1180. The van der Waals surface area contributed by atoms with Crippen LogP contribution in [-0.4, -0.2) is 53.8 Å². The molecule has 0 bridgehead atoms. The van der Waals surface area contributed by atoms with Crippen molar-refractivity contribution in [1.29, 1.82) is 0 Å². The van der Waals surface area contributed by atoms with Crippen molar-refractivity contribution >= 4 is 22.6 Å². The molecular formula is C23H24FN3O3. The fourth-order valence-corrected chi connectivity index (χ4v) is 3.98. The number of fused-ring (bicyclic) bond motifs is 1. The zero-order chi connectivity index (χ0) is 21.4. The maximum Gasteiger partial charge on any atom is 0.341 e. The first-order valence-corrected chi connectivity index (χ1v) is 9.92. The molecule has 0 amide bonds. The SMILES string of the molecule is Cc1cccc(Cn2cc(C(=O)O)c(=O)c3cc(F)c(N4CCN(C)CC4)cc32)c1. The van der Waals surface area contributed by atoms with Gasteiger partial charge in [-0.05, 0) is 31.7 Å². The molecule has 0 spiro atoms. The number of aromatic nitrogens is 1. The van der Waals surface area contributed by atoms with E-state index in [4.69, 9.17) is 0 Å². The number of benzene rings is 2. The van der Waals surface area contributed by atoms with Crippen LogP contribution in [0.2, 0.25) is 0 Å². The number of carbonyl (C=O) groups is 1. The van der Waals surface area contributed by atoms with E-state index in [1.165, 1.54) is 12.3 Å². The maximum absolute atomic E-state index is 15.0. The number of piperazine rings is 1. The Balaban J connectivity index is 1.89. The summed E-state index contributed by atoms with van der Waals surface area (Å²) in [6.45, 7) is 5.39. The van der Waals surface area contributed by atoms with Crippen molar-refractivity contribution in [2.75, 3.05) is 38.1 Å². The second-order valence-electron chi connectivity index (χ2n) is 7.91. The number of carboxylic acids is 1. The Kier molecular flexibility index (Phi) is 5.30. The van der Waals surface area contributed by atoms with Crippen LogP contribution in [0.4, 0.5) is 10.1 Å². The predicted octanol–water partition coefficient (Wildman–Crippen LogP) is 2.95. The summed E-state index contributed by atoms with van der Waals surface area (Å²) < 4.78 is 16.7. The quantitative estimate of drug-likeness (QED) is 0.718. The molecule has 1 N–H and O–H groups in total. The largest absolute Gasteiger partial charge is 0.477 e. The lowest BCUT2D eigenvalue weighted by molar-refractivity contribution is 0.0695. The molecule has 0 radical (unpaired) electrons. The van der Waals surface area contributed by atoms with Crippen LogP contribution in [0.1, 0.15) is 21.5 Å². The van der Waals surface area contributed by atoms with Crippen LogP contribution in [0, 0.1) is 12.7 Å². The van der Waals surface area contributed by atoms with Gasteiger partial charge >= 0.3 is 5.97 Å². The van der Waals surface area contributed by atoms with Crippen molar-refractivity contribution in [3.63, 3.8) is 0 Å². The summed E-state index contributed by atoms with van der Waals surface area (Å²) in [6.07, 6.45) is 1.36. The molecule has 1 fully saturated rings. The molecule has 1 aromatic heterocycles. The first-order chi connectivity index (χ1) is 14.3. The van der Waals surface area contributed by atoms with Gasteiger partial charge in [-0.15, -0.1) is 0 Å². The molecule has 1 aliphatic heterocycles. The molecule has 0 unspecified atom stereocenters. The number of hydrogen-bond donors (Lipinski definition) is 1. The number of carboxylic acid groups (broad SMARTS) is 1. The summed E-state index contributed by atoms with van der Waals surface area (Å²) in [5.74, 6) is -1.82. The van der Waals surface area contributed by atoms with Crippen LogP contribution in [0.25, 0.3) is 10.9 Å². The number of rotatable bonds is 4. The monoisotopic (exact) mass is 409 g/mol. The van der Waals surface area contributed by atoms with Gasteiger partial charge in [0.05, 0.1) is 11.2 Å². The van der Waals surface area contributed by atoms with Gasteiger partial charge in [-0.3, -0.25) is 4.79 Å². The second-order valence-corrected chi connectivity index (χ2v) is 7.91. The first kappa shape index (κ1) is 20.1. The van der Waals surface area contributed by atoms with E-state index < -0.39 is 17.2 Å². The number of anilines is 1. The molecule has 0 aliphatic carbocycles. The van der Waals surface area contributed by atoms with E-state index >= 15 is 0 Å². The Labute approximate surface area is 173 Å². The van der Waals surface area contributed by atoms with Crippen molar-refractivity contribution in [3.8, 4) is 0 Å². The van der Waals surface area contributed by atoms with Crippen molar-refractivity contribution < 1.29 is 14.3 Å². The van der Waals surface area contributed by atoms with Gasteiger partial charge in [0.1, 0.15) is 11.4 Å². The molecule has 1 saturated heterocycles. The highest BCUT2D eigenvalue weighted by Gasteiger charge is 2.21. The van der Waals surface area contributed by atoms with E-state index in [1.54, 1.807) is 10.6 Å². The minimum atomic E-state index is -1.32. The Morgan fingerprint density at radius 2 is 1.87 bits per heavy atom. The Morgan fingerprint density at radius 3 is 2.53 bits per heavy atom. The smallest absolute Gasteiger partial charge is 0.341 e.